The van der Waals surface area contributed by atoms with Crippen LogP contribution >= 0.6 is 0 Å². The summed E-state index contributed by atoms with van der Waals surface area (Å²) in [6.45, 7) is 0. The van der Waals surface area contributed by atoms with Gasteiger partial charge in [0.25, 0.3) is 0 Å². The quantitative estimate of drug-likeness (QED) is 0.749. The first-order valence-electron chi connectivity index (χ1n) is 4.15. The number of hydrogen-bond acceptors (Lipinski definition) is 2. The van der Waals surface area contributed by atoms with Crippen LogP contribution in [0.15, 0.2) is 30.5 Å². The highest BCUT2D eigenvalue weighted by atomic mass is 19.1. The van der Waals surface area contributed by atoms with E-state index in [1.165, 1.54) is 23.0 Å². The molecule has 4 heteroatoms. The van der Waals surface area contributed by atoms with Crippen molar-refractivity contribution in [1.29, 1.82) is 0 Å². The van der Waals surface area contributed by atoms with Crippen LogP contribution in [0.1, 0.15) is 0 Å². The van der Waals surface area contributed by atoms with Gasteiger partial charge >= 0.3 is 0 Å². The van der Waals surface area contributed by atoms with Gasteiger partial charge in [0, 0.05) is 12.6 Å². The van der Waals surface area contributed by atoms with Crippen molar-refractivity contribution in [1.82, 2.24) is 9.78 Å². The highest BCUT2D eigenvalue weighted by molar-refractivity contribution is 5.65. The summed E-state index contributed by atoms with van der Waals surface area (Å²) in [5.41, 5.74) is 1.13. The van der Waals surface area contributed by atoms with Crippen molar-refractivity contribution in [2.24, 2.45) is 7.05 Å². The van der Waals surface area contributed by atoms with Crippen molar-refractivity contribution in [3.05, 3.63) is 36.3 Å². The smallest absolute Gasteiger partial charge is 0.161 e. The van der Waals surface area contributed by atoms with Crippen LogP contribution in [0.4, 0.5) is 4.39 Å². The van der Waals surface area contributed by atoms with Gasteiger partial charge in [-0.05, 0) is 12.1 Å². The number of aromatic nitrogens is 2. The van der Waals surface area contributed by atoms with E-state index in [2.05, 4.69) is 5.10 Å². The van der Waals surface area contributed by atoms with Crippen LogP contribution in [0.3, 0.4) is 0 Å². The van der Waals surface area contributed by atoms with Crippen molar-refractivity contribution in [3.63, 3.8) is 0 Å². The van der Waals surface area contributed by atoms with E-state index in [0.29, 0.717) is 11.3 Å². The van der Waals surface area contributed by atoms with Crippen LogP contribution in [0.2, 0.25) is 0 Å². The molecule has 14 heavy (non-hydrogen) atoms. The third-order valence-electron chi connectivity index (χ3n) is 2.02. The molecule has 1 aromatic carbocycles. The predicted octanol–water partition coefficient (Wildman–Crippen LogP) is 1.93. The lowest BCUT2D eigenvalue weighted by atomic mass is 10.1. The molecule has 0 unspecified atom stereocenters. The number of hydrogen-bond donors (Lipinski definition) is 1. The lowest BCUT2D eigenvalue weighted by Crippen LogP contribution is -1.93. The summed E-state index contributed by atoms with van der Waals surface area (Å²) in [5, 5.41) is 13.3. The van der Waals surface area contributed by atoms with Crippen LogP contribution in [-0.4, -0.2) is 14.9 Å². The standard InChI is InChI=1S/C10H9FN2O/c1-13-10(9(14)6-12-13)7-3-2-4-8(11)5-7/h2-6,14H,1H3. The molecule has 0 amide bonds. The van der Waals surface area contributed by atoms with Crippen LogP contribution < -0.4 is 0 Å². The zero-order valence-corrected chi connectivity index (χ0v) is 7.61. The Morgan fingerprint density at radius 1 is 1.43 bits per heavy atom. The first-order valence-corrected chi connectivity index (χ1v) is 4.15. The largest absolute Gasteiger partial charge is 0.504 e. The topological polar surface area (TPSA) is 38.0 Å². The number of aromatic hydroxyl groups is 1. The van der Waals surface area contributed by atoms with E-state index in [1.807, 2.05) is 0 Å². The lowest BCUT2D eigenvalue weighted by molar-refractivity contribution is 0.477. The molecule has 1 N–H and O–H groups in total. The van der Waals surface area contributed by atoms with Crippen molar-refractivity contribution in [2.75, 3.05) is 0 Å². The molecule has 0 fully saturated rings. The van der Waals surface area contributed by atoms with Gasteiger partial charge in [-0.1, -0.05) is 12.1 Å². The molecule has 0 bridgehead atoms. The zero-order valence-electron chi connectivity index (χ0n) is 7.61. The second-order valence-corrected chi connectivity index (χ2v) is 3.01. The molecule has 0 aliphatic rings. The fourth-order valence-corrected chi connectivity index (χ4v) is 1.40. The molecule has 2 aromatic rings. The van der Waals surface area contributed by atoms with Crippen molar-refractivity contribution < 1.29 is 9.50 Å². The first-order chi connectivity index (χ1) is 6.68. The predicted molar refractivity (Wildman–Crippen MR) is 50.3 cm³/mol. The molecule has 1 heterocycles. The molecule has 3 nitrogen and oxygen atoms in total. The first kappa shape index (κ1) is 8.74. The average Bonchev–Trinajstić information content (AvgIpc) is 2.46. The minimum Gasteiger partial charge on any atom is -0.504 e. The van der Waals surface area contributed by atoms with Gasteiger partial charge in [0.05, 0.1) is 6.20 Å². The third kappa shape index (κ3) is 1.35. The normalized spacial score (nSPS) is 10.4. The Kier molecular flexibility index (Phi) is 1.96. The van der Waals surface area contributed by atoms with E-state index < -0.39 is 0 Å². The van der Waals surface area contributed by atoms with Crippen molar-refractivity contribution >= 4 is 0 Å². The van der Waals surface area contributed by atoms with E-state index >= 15 is 0 Å². The molecule has 1 aromatic heterocycles. The van der Waals surface area contributed by atoms with Gasteiger partial charge in [-0.3, -0.25) is 4.68 Å². The third-order valence-corrected chi connectivity index (χ3v) is 2.02. The molecule has 0 atom stereocenters. The second-order valence-electron chi connectivity index (χ2n) is 3.01. The lowest BCUT2D eigenvalue weighted by Gasteiger charge is -2.02. The fourth-order valence-electron chi connectivity index (χ4n) is 1.40. The van der Waals surface area contributed by atoms with Gasteiger partial charge in [0.2, 0.25) is 0 Å². The molecule has 0 spiro atoms. The Balaban J connectivity index is 2.59. The second kappa shape index (κ2) is 3.14. The van der Waals surface area contributed by atoms with Crippen molar-refractivity contribution in [3.8, 4) is 17.0 Å². The van der Waals surface area contributed by atoms with Gasteiger partial charge in [-0.25, -0.2) is 4.39 Å². The SMILES string of the molecule is Cn1ncc(O)c1-c1cccc(F)c1. The van der Waals surface area contributed by atoms with Crippen LogP contribution in [-0.2, 0) is 7.05 Å². The minimum atomic E-state index is -0.330. The van der Waals surface area contributed by atoms with Crippen LogP contribution in [0.25, 0.3) is 11.3 Å². The maximum Gasteiger partial charge on any atom is 0.161 e. The molecule has 72 valence electrons. The number of benzene rings is 1. The van der Waals surface area contributed by atoms with Gasteiger partial charge in [0.1, 0.15) is 11.5 Å². The van der Waals surface area contributed by atoms with Gasteiger partial charge < -0.3 is 5.11 Å². The van der Waals surface area contributed by atoms with E-state index in [-0.39, 0.29) is 11.6 Å². The highest BCUT2D eigenvalue weighted by Crippen LogP contribution is 2.27. The fraction of sp³-hybridized carbons (Fsp3) is 0.100. The molecular formula is C10H9FN2O. The Hall–Kier alpha value is -1.84. The summed E-state index contributed by atoms with van der Waals surface area (Å²) < 4.78 is 14.4. The zero-order chi connectivity index (χ0) is 10.1. The number of aryl methyl sites for hydroxylation is 1. The van der Waals surface area contributed by atoms with E-state index in [9.17, 15) is 9.50 Å². The van der Waals surface area contributed by atoms with E-state index in [4.69, 9.17) is 0 Å². The van der Waals surface area contributed by atoms with Crippen LogP contribution in [0.5, 0.6) is 5.75 Å². The maximum atomic E-state index is 12.9. The van der Waals surface area contributed by atoms with Gasteiger partial charge in [0.15, 0.2) is 5.75 Å². The Bertz CT molecular complexity index is 445. The summed E-state index contributed by atoms with van der Waals surface area (Å²) >= 11 is 0. The van der Waals surface area contributed by atoms with Gasteiger partial charge in [-0.2, -0.15) is 5.10 Å². The summed E-state index contributed by atoms with van der Waals surface area (Å²) in [5.74, 6) is -0.277. The summed E-state index contributed by atoms with van der Waals surface area (Å²) in [7, 11) is 1.69. The number of nitrogens with zero attached hydrogens (tertiary/aromatic N) is 2. The summed E-state index contributed by atoms with van der Waals surface area (Å²) in [6, 6.07) is 6.03. The summed E-state index contributed by atoms with van der Waals surface area (Å²) in [6.07, 6.45) is 1.33. The maximum absolute atomic E-state index is 12.9. The highest BCUT2D eigenvalue weighted by Gasteiger charge is 2.09. The summed E-state index contributed by atoms with van der Waals surface area (Å²) in [4.78, 5) is 0. The Morgan fingerprint density at radius 2 is 2.21 bits per heavy atom. The molecule has 0 aliphatic carbocycles. The minimum absolute atomic E-state index is 0.0538. The molecule has 0 radical (unpaired) electrons. The molecule has 0 saturated carbocycles. The monoisotopic (exact) mass is 192 g/mol. The Labute approximate surface area is 80.4 Å². The Morgan fingerprint density at radius 3 is 2.79 bits per heavy atom. The molecule has 0 aliphatic heterocycles. The molecule has 2 rings (SSSR count). The van der Waals surface area contributed by atoms with Gasteiger partial charge in [-0.15, -0.1) is 0 Å². The number of rotatable bonds is 1. The van der Waals surface area contributed by atoms with E-state index in [0.717, 1.165) is 0 Å². The van der Waals surface area contributed by atoms with Crippen LogP contribution in [0, 0.1) is 5.82 Å². The molecular weight excluding hydrogens is 183 g/mol. The van der Waals surface area contributed by atoms with E-state index in [1.54, 1.807) is 19.2 Å². The average molecular weight is 192 g/mol. The number of halogens is 1. The van der Waals surface area contributed by atoms with Crippen molar-refractivity contribution in [2.45, 2.75) is 0 Å². The molecule has 0 saturated heterocycles.